The first-order valence-corrected chi connectivity index (χ1v) is 3.27. The molecule has 1 amide bonds. The Kier molecular flexibility index (Phi) is 4.22. The Balaban J connectivity index is 3.55. The van der Waals surface area contributed by atoms with Crippen LogP contribution in [0.5, 0.6) is 0 Å². The number of rotatable bonds is 3. The molecule has 9 heavy (non-hydrogen) atoms. The minimum atomic E-state index is -0.304. The smallest absolute Gasteiger partial charge is 0.276 e. The van der Waals surface area contributed by atoms with E-state index in [-0.39, 0.29) is 11.3 Å². The van der Waals surface area contributed by atoms with Crippen LogP contribution in [-0.2, 0) is 0 Å². The van der Waals surface area contributed by atoms with E-state index in [0.29, 0.717) is 0 Å². The zero-order valence-corrected chi connectivity index (χ0v) is 6.32. The third kappa shape index (κ3) is 4.09. The first-order valence-electron chi connectivity index (χ1n) is 2.82. The van der Waals surface area contributed by atoms with E-state index in [0.717, 1.165) is 6.42 Å². The second kappa shape index (κ2) is 4.44. The van der Waals surface area contributed by atoms with Gasteiger partial charge in [-0.1, -0.05) is 25.6 Å². The van der Waals surface area contributed by atoms with Crippen LogP contribution in [0.4, 0.5) is 4.79 Å². The summed E-state index contributed by atoms with van der Waals surface area (Å²) in [6.07, 6.45) is 2.55. The third-order valence-corrected chi connectivity index (χ3v) is 1.16. The lowest BCUT2D eigenvalue weighted by Gasteiger charge is -2.08. The molecule has 0 aliphatic heterocycles. The highest BCUT2D eigenvalue weighted by molar-refractivity contribution is 7.96. The Morgan fingerprint density at radius 2 is 2.56 bits per heavy atom. The molecule has 52 valence electrons. The van der Waals surface area contributed by atoms with E-state index in [9.17, 15) is 4.79 Å². The lowest BCUT2D eigenvalue weighted by molar-refractivity contribution is 0.259. The first kappa shape index (κ1) is 8.56. The Bertz CT molecular complexity index is 114. The molecule has 0 heterocycles. The number of nitrogens with one attached hydrogen (secondary N) is 1. The standard InChI is InChI=1S/C6H11NOS/c1-3-5(4-2)7-6(8)9/h3,5H,1,4H2,2H3,(H2,7,8,9). The summed E-state index contributed by atoms with van der Waals surface area (Å²) in [6.45, 7) is 5.50. The summed E-state index contributed by atoms with van der Waals surface area (Å²) in [5, 5.41) is 2.28. The zero-order valence-electron chi connectivity index (χ0n) is 5.42. The molecule has 3 heteroatoms. The van der Waals surface area contributed by atoms with Crippen LogP contribution in [0.15, 0.2) is 12.7 Å². The number of amides is 1. The molecule has 0 rings (SSSR count). The molecule has 1 N–H and O–H groups in total. The number of hydrogen-bond acceptors (Lipinski definition) is 1. The largest absolute Gasteiger partial charge is 0.341 e. The molecule has 0 aromatic rings. The Morgan fingerprint density at radius 1 is 2.00 bits per heavy atom. The Hall–Kier alpha value is -0.440. The van der Waals surface area contributed by atoms with Gasteiger partial charge < -0.3 is 5.32 Å². The van der Waals surface area contributed by atoms with Crippen LogP contribution < -0.4 is 5.32 Å². The molecule has 0 aromatic heterocycles. The van der Waals surface area contributed by atoms with Crippen molar-refractivity contribution in [2.75, 3.05) is 0 Å². The van der Waals surface area contributed by atoms with Crippen molar-refractivity contribution < 1.29 is 4.79 Å². The van der Waals surface area contributed by atoms with Gasteiger partial charge in [0.2, 0.25) is 0 Å². The van der Waals surface area contributed by atoms with Gasteiger partial charge in [-0.3, -0.25) is 4.79 Å². The Morgan fingerprint density at radius 3 is 2.67 bits per heavy atom. The van der Waals surface area contributed by atoms with Gasteiger partial charge in [0, 0.05) is 6.04 Å². The van der Waals surface area contributed by atoms with E-state index in [1.54, 1.807) is 6.08 Å². The van der Waals surface area contributed by atoms with Gasteiger partial charge in [-0.15, -0.1) is 6.58 Å². The molecule has 0 saturated carbocycles. The lowest BCUT2D eigenvalue weighted by Crippen LogP contribution is -2.28. The molecule has 0 saturated heterocycles. The van der Waals surface area contributed by atoms with Gasteiger partial charge in [0.15, 0.2) is 0 Å². The predicted octanol–water partition coefficient (Wildman–Crippen LogP) is 1.59. The molecule has 2 nitrogen and oxygen atoms in total. The van der Waals surface area contributed by atoms with Crippen LogP contribution in [0.2, 0.25) is 0 Å². The molecule has 0 fully saturated rings. The summed E-state index contributed by atoms with van der Waals surface area (Å²) in [4.78, 5) is 10.3. The van der Waals surface area contributed by atoms with Crippen LogP contribution in [0.1, 0.15) is 13.3 Å². The minimum Gasteiger partial charge on any atom is -0.341 e. The molecule has 0 spiro atoms. The summed E-state index contributed by atoms with van der Waals surface area (Å²) < 4.78 is 0. The average Bonchev–Trinajstić information content (AvgIpc) is 1.82. The quantitative estimate of drug-likeness (QED) is 0.458. The van der Waals surface area contributed by atoms with Gasteiger partial charge in [-0.05, 0) is 6.42 Å². The normalized spacial score (nSPS) is 12.2. The van der Waals surface area contributed by atoms with Gasteiger partial charge in [0.25, 0.3) is 5.24 Å². The molecule has 0 bridgehead atoms. The Labute approximate surface area is 60.7 Å². The average molecular weight is 145 g/mol. The van der Waals surface area contributed by atoms with Crippen molar-refractivity contribution in [3.05, 3.63) is 12.7 Å². The lowest BCUT2D eigenvalue weighted by atomic mass is 10.2. The van der Waals surface area contributed by atoms with Crippen molar-refractivity contribution in [2.45, 2.75) is 19.4 Å². The van der Waals surface area contributed by atoms with Crippen molar-refractivity contribution in [1.82, 2.24) is 5.32 Å². The van der Waals surface area contributed by atoms with Crippen molar-refractivity contribution in [3.8, 4) is 0 Å². The number of thiol groups is 1. The monoisotopic (exact) mass is 145 g/mol. The summed E-state index contributed by atoms with van der Waals surface area (Å²) in [5.74, 6) is 0. The fraction of sp³-hybridized carbons (Fsp3) is 0.500. The number of hydrogen-bond donors (Lipinski definition) is 2. The third-order valence-electron chi connectivity index (χ3n) is 1.03. The summed E-state index contributed by atoms with van der Waals surface area (Å²) >= 11 is 3.55. The predicted molar refractivity (Wildman–Crippen MR) is 41.8 cm³/mol. The van der Waals surface area contributed by atoms with E-state index >= 15 is 0 Å². The second-order valence-corrected chi connectivity index (χ2v) is 2.11. The highest BCUT2D eigenvalue weighted by Gasteiger charge is 2.00. The fourth-order valence-electron chi connectivity index (χ4n) is 0.486. The first-order chi connectivity index (χ1) is 4.20. The summed E-state index contributed by atoms with van der Waals surface area (Å²) in [7, 11) is 0. The SMILES string of the molecule is C=CC(CC)NC(=O)S. The van der Waals surface area contributed by atoms with Crippen LogP contribution in [0.25, 0.3) is 0 Å². The number of carbonyl (C=O) groups excluding carboxylic acids is 1. The molecule has 1 atom stereocenters. The highest BCUT2D eigenvalue weighted by Crippen LogP contribution is 1.91. The van der Waals surface area contributed by atoms with Crippen molar-refractivity contribution >= 4 is 17.9 Å². The van der Waals surface area contributed by atoms with E-state index in [4.69, 9.17) is 0 Å². The van der Waals surface area contributed by atoms with E-state index in [1.807, 2.05) is 6.92 Å². The maximum atomic E-state index is 10.3. The van der Waals surface area contributed by atoms with Gasteiger partial charge in [0.1, 0.15) is 0 Å². The maximum absolute atomic E-state index is 10.3. The van der Waals surface area contributed by atoms with Crippen LogP contribution in [0, 0.1) is 0 Å². The second-order valence-electron chi connectivity index (χ2n) is 1.70. The highest BCUT2D eigenvalue weighted by atomic mass is 32.1. The summed E-state index contributed by atoms with van der Waals surface area (Å²) in [5.41, 5.74) is 0. The number of carbonyl (C=O) groups is 1. The van der Waals surface area contributed by atoms with Gasteiger partial charge in [-0.2, -0.15) is 0 Å². The van der Waals surface area contributed by atoms with Crippen molar-refractivity contribution in [2.24, 2.45) is 0 Å². The zero-order chi connectivity index (χ0) is 7.28. The van der Waals surface area contributed by atoms with Crippen molar-refractivity contribution in [3.63, 3.8) is 0 Å². The van der Waals surface area contributed by atoms with E-state index < -0.39 is 0 Å². The van der Waals surface area contributed by atoms with Gasteiger partial charge >= 0.3 is 0 Å². The summed E-state index contributed by atoms with van der Waals surface area (Å²) in [6, 6.07) is 0.0648. The molecule has 1 unspecified atom stereocenters. The topological polar surface area (TPSA) is 29.1 Å². The molecule has 0 aliphatic rings. The maximum Gasteiger partial charge on any atom is 0.276 e. The van der Waals surface area contributed by atoms with E-state index in [1.165, 1.54) is 0 Å². The molecular weight excluding hydrogens is 134 g/mol. The molecular formula is C6H11NOS. The van der Waals surface area contributed by atoms with Crippen molar-refractivity contribution in [1.29, 1.82) is 0 Å². The van der Waals surface area contributed by atoms with Crippen LogP contribution in [0.3, 0.4) is 0 Å². The van der Waals surface area contributed by atoms with Crippen LogP contribution >= 0.6 is 12.6 Å². The van der Waals surface area contributed by atoms with Gasteiger partial charge in [0.05, 0.1) is 0 Å². The molecule has 0 radical (unpaired) electrons. The van der Waals surface area contributed by atoms with Crippen LogP contribution in [-0.4, -0.2) is 11.3 Å². The molecule has 0 aromatic carbocycles. The minimum absolute atomic E-state index is 0.0648. The van der Waals surface area contributed by atoms with Gasteiger partial charge in [-0.25, -0.2) is 0 Å². The molecule has 0 aliphatic carbocycles. The van der Waals surface area contributed by atoms with E-state index in [2.05, 4.69) is 24.5 Å². The fourth-order valence-corrected chi connectivity index (χ4v) is 0.652.